The summed E-state index contributed by atoms with van der Waals surface area (Å²) in [5.74, 6) is -0.797. The maximum Gasteiger partial charge on any atom is 0.359 e. The van der Waals surface area contributed by atoms with E-state index >= 15 is 0 Å². The van der Waals surface area contributed by atoms with Gasteiger partial charge in [-0.2, -0.15) is 0 Å². The lowest BCUT2D eigenvalue weighted by molar-refractivity contribution is -0.888. The van der Waals surface area contributed by atoms with Gasteiger partial charge in [0.15, 0.2) is 6.54 Å². The van der Waals surface area contributed by atoms with Crippen molar-refractivity contribution >= 4 is 5.97 Å². The number of carbonyl (C=O) groups is 1. The summed E-state index contributed by atoms with van der Waals surface area (Å²) in [6.07, 6.45) is 0. The van der Waals surface area contributed by atoms with Gasteiger partial charge in [-0.15, -0.1) is 12.3 Å². The lowest BCUT2D eigenvalue weighted by Crippen LogP contribution is -3.12. The van der Waals surface area contributed by atoms with E-state index in [-0.39, 0.29) is 12.3 Å². The van der Waals surface area contributed by atoms with Gasteiger partial charge in [0.1, 0.15) is 0 Å². The van der Waals surface area contributed by atoms with Crippen molar-refractivity contribution < 1.29 is 19.9 Å². The average Bonchev–Trinajstić information content (AvgIpc) is 1.98. The number of likely N-dealkylation sites (N-methyl/N-ethyl adjacent to an activating group) is 1. The number of allylic oxidation sites excluding steroid dienone is 1. The van der Waals surface area contributed by atoms with Crippen LogP contribution in [-0.4, -0.2) is 30.7 Å². The Morgan fingerprint density at radius 2 is 1.77 bits per heavy atom. The van der Waals surface area contributed by atoms with E-state index < -0.39 is 5.97 Å². The second kappa shape index (κ2) is 9.06. The third kappa shape index (κ3) is 18.2. The molecule has 2 N–H and O–H groups in total. The highest BCUT2D eigenvalue weighted by Gasteiger charge is 2.06. The molecule has 0 aliphatic heterocycles. The highest BCUT2D eigenvalue weighted by atomic mass is 16.4. The zero-order valence-corrected chi connectivity index (χ0v) is 8.59. The van der Waals surface area contributed by atoms with Crippen molar-refractivity contribution in [3.8, 4) is 0 Å². The molecule has 0 radical (unpaired) electrons. The lowest BCUT2D eigenvalue weighted by atomic mass is 10.5. The molecule has 13 heavy (non-hydrogen) atoms. The van der Waals surface area contributed by atoms with Crippen molar-refractivity contribution in [2.75, 3.05) is 19.6 Å². The van der Waals surface area contributed by atoms with Crippen molar-refractivity contribution in [2.24, 2.45) is 0 Å². The quantitative estimate of drug-likeness (QED) is 0.550. The van der Waals surface area contributed by atoms with Gasteiger partial charge < -0.3 is 15.1 Å². The molecule has 0 rings (SSSR count). The first kappa shape index (κ1) is 14.5. The van der Waals surface area contributed by atoms with Crippen LogP contribution in [0, 0.1) is 0 Å². The van der Waals surface area contributed by atoms with Crippen LogP contribution in [0.15, 0.2) is 12.3 Å². The molecule has 0 aromatic heterocycles. The van der Waals surface area contributed by atoms with Gasteiger partial charge in [0.2, 0.25) is 0 Å². The van der Waals surface area contributed by atoms with Crippen LogP contribution in [0.3, 0.4) is 0 Å². The fraction of sp³-hybridized carbons (Fsp3) is 0.667. The first-order valence-corrected chi connectivity index (χ1v) is 4.31. The molecule has 0 spiro atoms. The molecule has 0 saturated heterocycles. The molecule has 0 bridgehead atoms. The third-order valence-electron chi connectivity index (χ3n) is 1.40. The molecule has 0 fully saturated rings. The van der Waals surface area contributed by atoms with Crippen LogP contribution in [0.1, 0.15) is 20.8 Å². The van der Waals surface area contributed by atoms with E-state index in [4.69, 9.17) is 5.11 Å². The van der Waals surface area contributed by atoms with E-state index in [1.807, 2.05) is 13.8 Å². The number of quaternary nitrogens is 1. The molecule has 0 aromatic rings. The Bertz CT molecular complexity index is 149. The Hall–Kier alpha value is -1.03. The molecule has 0 unspecified atom stereocenters. The molecule has 0 atom stereocenters. The SMILES string of the molecule is C=C(C)[O-].CC[NH+](CC)CC(=O)O. The molecule has 0 aromatic carbocycles. The maximum atomic E-state index is 10.1. The first-order chi connectivity index (χ1) is 5.93. The van der Waals surface area contributed by atoms with Gasteiger partial charge in [0.25, 0.3) is 0 Å². The van der Waals surface area contributed by atoms with Crippen LogP contribution in [0.4, 0.5) is 0 Å². The highest BCUT2D eigenvalue weighted by molar-refractivity contribution is 5.67. The lowest BCUT2D eigenvalue weighted by Gasteiger charge is -2.11. The summed E-state index contributed by atoms with van der Waals surface area (Å²) in [6, 6.07) is 0. The Labute approximate surface area is 79.5 Å². The van der Waals surface area contributed by atoms with Gasteiger partial charge in [-0.1, -0.05) is 6.92 Å². The predicted octanol–water partition coefficient (Wildman–Crippen LogP) is -1.12. The highest BCUT2D eigenvalue weighted by Crippen LogP contribution is 1.57. The summed E-state index contributed by atoms with van der Waals surface area (Å²) in [5.41, 5.74) is 0. The minimum atomic E-state index is -0.714. The fourth-order valence-electron chi connectivity index (χ4n) is 0.714. The number of nitrogens with one attached hydrogen (secondary N) is 1. The van der Waals surface area contributed by atoms with Crippen molar-refractivity contribution in [2.45, 2.75) is 20.8 Å². The van der Waals surface area contributed by atoms with Crippen LogP contribution < -0.4 is 10.0 Å². The Morgan fingerprint density at radius 1 is 1.46 bits per heavy atom. The predicted molar refractivity (Wildman–Crippen MR) is 49.4 cm³/mol. The third-order valence-corrected chi connectivity index (χ3v) is 1.40. The molecular formula is C9H19NO3. The summed E-state index contributed by atoms with van der Waals surface area (Å²) in [4.78, 5) is 11.2. The normalized spacial score (nSPS) is 8.92. The van der Waals surface area contributed by atoms with E-state index in [9.17, 15) is 9.90 Å². The molecular weight excluding hydrogens is 170 g/mol. The second-order valence-electron chi connectivity index (χ2n) is 2.73. The second-order valence-corrected chi connectivity index (χ2v) is 2.73. The van der Waals surface area contributed by atoms with Crippen molar-refractivity contribution in [1.29, 1.82) is 0 Å². The summed E-state index contributed by atoms with van der Waals surface area (Å²) in [7, 11) is 0. The zero-order chi connectivity index (χ0) is 10.9. The molecule has 4 heteroatoms. The molecule has 0 heterocycles. The van der Waals surface area contributed by atoms with E-state index in [2.05, 4.69) is 6.58 Å². The van der Waals surface area contributed by atoms with E-state index in [0.29, 0.717) is 0 Å². The smallest absolute Gasteiger partial charge is 0.359 e. The first-order valence-electron chi connectivity index (χ1n) is 4.31. The summed E-state index contributed by atoms with van der Waals surface area (Å²) in [6.45, 7) is 10.4. The number of hydrogen-bond acceptors (Lipinski definition) is 2. The standard InChI is InChI=1S/C6H13NO2.C3H6O/c1-3-7(4-2)5-6(8)9;1-3(2)4/h3-5H2,1-2H3,(H,8,9);4H,1H2,2H3. The van der Waals surface area contributed by atoms with Crippen LogP contribution >= 0.6 is 0 Å². The van der Waals surface area contributed by atoms with Gasteiger partial charge in [0.05, 0.1) is 13.1 Å². The van der Waals surface area contributed by atoms with Gasteiger partial charge in [-0.05, 0) is 13.8 Å². The molecule has 0 amide bonds. The molecule has 78 valence electrons. The van der Waals surface area contributed by atoms with Crippen molar-refractivity contribution in [1.82, 2.24) is 0 Å². The number of rotatable bonds is 4. The van der Waals surface area contributed by atoms with E-state index in [0.717, 1.165) is 18.0 Å². The van der Waals surface area contributed by atoms with E-state index in [1.165, 1.54) is 6.92 Å². The Morgan fingerprint density at radius 3 is 1.85 bits per heavy atom. The topological polar surface area (TPSA) is 64.8 Å². The number of hydrogen-bond donors (Lipinski definition) is 2. The molecule has 4 nitrogen and oxygen atoms in total. The van der Waals surface area contributed by atoms with Gasteiger partial charge in [-0.3, -0.25) is 0 Å². The molecule has 0 saturated carbocycles. The van der Waals surface area contributed by atoms with Gasteiger partial charge in [0, 0.05) is 0 Å². The summed E-state index contributed by atoms with van der Waals surface area (Å²) in [5, 5.41) is 17.7. The average molecular weight is 189 g/mol. The van der Waals surface area contributed by atoms with Crippen molar-refractivity contribution in [3.63, 3.8) is 0 Å². The summed E-state index contributed by atoms with van der Waals surface area (Å²) < 4.78 is 0. The van der Waals surface area contributed by atoms with Gasteiger partial charge in [-0.25, -0.2) is 4.79 Å². The minimum Gasteiger partial charge on any atom is -0.876 e. The summed E-state index contributed by atoms with van der Waals surface area (Å²) >= 11 is 0. The van der Waals surface area contributed by atoms with Gasteiger partial charge >= 0.3 is 5.97 Å². The molecule has 0 aliphatic carbocycles. The zero-order valence-electron chi connectivity index (χ0n) is 8.59. The van der Waals surface area contributed by atoms with Crippen molar-refractivity contribution in [3.05, 3.63) is 12.3 Å². The number of aliphatic carboxylic acids is 1. The maximum absolute atomic E-state index is 10.1. The van der Waals surface area contributed by atoms with Crippen LogP contribution in [0.2, 0.25) is 0 Å². The Kier molecular flexibility index (Phi) is 10.1. The molecule has 0 aliphatic rings. The van der Waals surface area contributed by atoms with E-state index in [1.54, 1.807) is 0 Å². The van der Waals surface area contributed by atoms with Crippen LogP contribution in [-0.2, 0) is 4.79 Å². The number of carboxylic acids is 1. The van der Waals surface area contributed by atoms with Crippen LogP contribution in [0.5, 0.6) is 0 Å². The largest absolute Gasteiger partial charge is 0.876 e. The van der Waals surface area contributed by atoms with Crippen LogP contribution in [0.25, 0.3) is 0 Å². The monoisotopic (exact) mass is 189 g/mol. The fourth-order valence-corrected chi connectivity index (χ4v) is 0.714. The Balaban J connectivity index is 0. The minimum absolute atomic E-state index is 0.0833. The number of carboxylic acid groups (broad SMARTS) is 1.